The molecule has 1 saturated carbocycles. The molecule has 3 nitrogen and oxygen atoms in total. The lowest BCUT2D eigenvalue weighted by atomic mass is 9.94. The molecule has 0 saturated heterocycles. The Balaban J connectivity index is 1.82. The first-order valence-electron chi connectivity index (χ1n) is 8.02. The van der Waals surface area contributed by atoms with Gasteiger partial charge in [0.25, 0.3) is 0 Å². The third-order valence-corrected chi connectivity index (χ3v) is 4.54. The Morgan fingerprint density at radius 1 is 1.25 bits per heavy atom. The second-order valence-corrected chi connectivity index (χ2v) is 5.98. The maximum absolute atomic E-state index is 6.02. The summed E-state index contributed by atoms with van der Waals surface area (Å²) in [6.07, 6.45) is 2.82. The van der Waals surface area contributed by atoms with Crippen molar-refractivity contribution in [2.45, 2.75) is 38.8 Å². The molecule has 2 unspecified atom stereocenters. The summed E-state index contributed by atoms with van der Waals surface area (Å²) in [7, 11) is 0. The van der Waals surface area contributed by atoms with Crippen molar-refractivity contribution in [3.05, 3.63) is 29.8 Å². The first kappa shape index (κ1) is 13.9. The first-order chi connectivity index (χ1) is 9.83. The molecule has 1 fully saturated rings. The smallest absolute Gasteiger partial charge is 0.124 e. The van der Waals surface area contributed by atoms with E-state index in [1.165, 1.54) is 24.9 Å². The van der Waals surface area contributed by atoms with Gasteiger partial charge < -0.3 is 10.1 Å². The summed E-state index contributed by atoms with van der Waals surface area (Å²) in [4.78, 5) is 2.61. The van der Waals surface area contributed by atoms with Crippen LogP contribution in [0.1, 0.15) is 38.3 Å². The van der Waals surface area contributed by atoms with Crippen LogP contribution >= 0.6 is 0 Å². The predicted molar refractivity (Wildman–Crippen MR) is 82.1 cm³/mol. The predicted octanol–water partition coefficient (Wildman–Crippen LogP) is 2.83. The third-order valence-electron chi connectivity index (χ3n) is 4.54. The van der Waals surface area contributed by atoms with Gasteiger partial charge in [0.05, 0.1) is 12.1 Å². The minimum atomic E-state index is 0.392. The highest BCUT2D eigenvalue weighted by atomic mass is 16.5. The largest absolute Gasteiger partial charge is 0.492 e. The Kier molecular flexibility index (Phi) is 4.27. The SMILES string of the molecule is CCNC1c2ccccc2OCC1N(CC)CC1CC1. The van der Waals surface area contributed by atoms with E-state index < -0.39 is 0 Å². The van der Waals surface area contributed by atoms with Gasteiger partial charge in [-0.1, -0.05) is 32.0 Å². The molecule has 0 radical (unpaired) electrons. The molecule has 0 spiro atoms. The molecule has 1 heterocycles. The van der Waals surface area contributed by atoms with Crippen LogP contribution in [0.25, 0.3) is 0 Å². The van der Waals surface area contributed by atoms with E-state index in [0.717, 1.165) is 31.4 Å². The summed E-state index contributed by atoms with van der Waals surface area (Å²) in [5.74, 6) is 1.98. The highest BCUT2D eigenvalue weighted by Gasteiger charge is 2.36. The highest BCUT2D eigenvalue weighted by molar-refractivity contribution is 5.38. The molecule has 1 N–H and O–H groups in total. The second kappa shape index (κ2) is 6.15. The van der Waals surface area contributed by atoms with Gasteiger partial charge in [-0.2, -0.15) is 0 Å². The van der Waals surface area contributed by atoms with Gasteiger partial charge in [0, 0.05) is 12.1 Å². The summed E-state index contributed by atoms with van der Waals surface area (Å²) < 4.78 is 6.02. The Hall–Kier alpha value is -1.06. The van der Waals surface area contributed by atoms with E-state index in [4.69, 9.17) is 4.74 Å². The highest BCUT2D eigenvalue weighted by Crippen LogP contribution is 2.36. The monoisotopic (exact) mass is 274 g/mol. The van der Waals surface area contributed by atoms with Crippen molar-refractivity contribution < 1.29 is 4.74 Å². The standard InChI is InChI=1S/C17H26N2O/c1-3-18-17-14-7-5-6-8-16(14)20-12-15(17)19(4-2)11-13-9-10-13/h5-8,13,15,17-18H,3-4,9-12H2,1-2H3. The van der Waals surface area contributed by atoms with Gasteiger partial charge in [-0.15, -0.1) is 0 Å². The number of rotatable bonds is 6. The fourth-order valence-electron chi connectivity index (χ4n) is 3.26. The molecular weight excluding hydrogens is 248 g/mol. The molecule has 3 heteroatoms. The molecule has 0 aromatic heterocycles. The maximum atomic E-state index is 6.02. The van der Waals surface area contributed by atoms with E-state index in [-0.39, 0.29) is 0 Å². The molecule has 110 valence electrons. The molecule has 3 rings (SSSR count). The lowest BCUT2D eigenvalue weighted by molar-refractivity contribution is 0.0864. The normalized spacial score (nSPS) is 25.4. The maximum Gasteiger partial charge on any atom is 0.124 e. The van der Waals surface area contributed by atoms with Crippen molar-refractivity contribution in [2.75, 3.05) is 26.2 Å². The number of ether oxygens (including phenoxy) is 1. The number of nitrogens with one attached hydrogen (secondary N) is 1. The number of hydrogen-bond acceptors (Lipinski definition) is 3. The molecule has 2 aliphatic rings. The van der Waals surface area contributed by atoms with Crippen molar-refractivity contribution in [3.63, 3.8) is 0 Å². The molecule has 0 amide bonds. The molecule has 1 aromatic carbocycles. The number of likely N-dealkylation sites (N-methyl/N-ethyl adjacent to an activating group) is 2. The fraction of sp³-hybridized carbons (Fsp3) is 0.647. The topological polar surface area (TPSA) is 24.5 Å². The number of para-hydroxylation sites is 1. The minimum Gasteiger partial charge on any atom is -0.492 e. The van der Waals surface area contributed by atoms with E-state index in [1.54, 1.807) is 0 Å². The lowest BCUT2D eigenvalue weighted by Gasteiger charge is -2.40. The van der Waals surface area contributed by atoms with Crippen molar-refractivity contribution >= 4 is 0 Å². The first-order valence-corrected chi connectivity index (χ1v) is 8.02. The van der Waals surface area contributed by atoms with Crippen LogP contribution in [0.5, 0.6) is 5.75 Å². The van der Waals surface area contributed by atoms with Crippen LogP contribution in [-0.2, 0) is 0 Å². The Bertz CT molecular complexity index is 444. The van der Waals surface area contributed by atoms with Gasteiger partial charge in [-0.05, 0) is 37.9 Å². The molecule has 1 aliphatic carbocycles. The summed E-state index contributed by atoms with van der Waals surface area (Å²) in [5, 5.41) is 3.68. The Labute approximate surface area is 122 Å². The van der Waals surface area contributed by atoms with Gasteiger partial charge in [0.15, 0.2) is 0 Å². The van der Waals surface area contributed by atoms with Crippen molar-refractivity contribution in [3.8, 4) is 5.75 Å². The van der Waals surface area contributed by atoms with Gasteiger partial charge in [-0.25, -0.2) is 0 Å². The van der Waals surface area contributed by atoms with Crippen LogP contribution in [0, 0.1) is 5.92 Å². The van der Waals surface area contributed by atoms with Crippen LogP contribution in [-0.4, -0.2) is 37.2 Å². The quantitative estimate of drug-likeness (QED) is 0.863. The van der Waals surface area contributed by atoms with Crippen molar-refractivity contribution in [1.29, 1.82) is 0 Å². The second-order valence-electron chi connectivity index (χ2n) is 5.98. The van der Waals surface area contributed by atoms with E-state index in [0.29, 0.717) is 12.1 Å². The lowest BCUT2D eigenvalue weighted by Crippen LogP contribution is -2.50. The zero-order chi connectivity index (χ0) is 13.9. The molecule has 0 bridgehead atoms. The van der Waals surface area contributed by atoms with E-state index in [2.05, 4.69) is 48.3 Å². The van der Waals surface area contributed by atoms with Gasteiger partial charge in [-0.3, -0.25) is 4.90 Å². The molecule has 1 aliphatic heterocycles. The van der Waals surface area contributed by atoms with Crippen LogP contribution in [0.2, 0.25) is 0 Å². The summed E-state index contributed by atoms with van der Waals surface area (Å²) in [6, 6.07) is 9.32. The molecule has 20 heavy (non-hydrogen) atoms. The number of benzene rings is 1. The number of nitrogens with zero attached hydrogens (tertiary/aromatic N) is 1. The zero-order valence-electron chi connectivity index (χ0n) is 12.6. The third kappa shape index (κ3) is 2.84. The molecule has 1 aromatic rings. The van der Waals surface area contributed by atoms with Crippen molar-refractivity contribution in [2.24, 2.45) is 5.92 Å². The van der Waals surface area contributed by atoms with Crippen LogP contribution in [0.3, 0.4) is 0 Å². The molecular formula is C17H26N2O. The average Bonchev–Trinajstić information content (AvgIpc) is 3.30. The van der Waals surface area contributed by atoms with E-state index in [1.807, 2.05) is 0 Å². The summed E-state index contributed by atoms with van der Waals surface area (Å²) in [6.45, 7) is 8.59. The van der Waals surface area contributed by atoms with Crippen molar-refractivity contribution in [1.82, 2.24) is 10.2 Å². The van der Waals surface area contributed by atoms with Crippen LogP contribution in [0.4, 0.5) is 0 Å². The fourth-order valence-corrected chi connectivity index (χ4v) is 3.26. The van der Waals surface area contributed by atoms with Gasteiger partial charge in [0.2, 0.25) is 0 Å². The zero-order valence-corrected chi connectivity index (χ0v) is 12.6. The van der Waals surface area contributed by atoms with Crippen LogP contribution in [0.15, 0.2) is 24.3 Å². The van der Waals surface area contributed by atoms with E-state index in [9.17, 15) is 0 Å². The summed E-state index contributed by atoms with van der Waals surface area (Å²) >= 11 is 0. The van der Waals surface area contributed by atoms with Crippen LogP contribution < -0.4 is 10.1 Å². The number of hydrogen-bond donors (Lipinski definition) is 1. The van der Waals surface area contributed by atoms with E-state index >= 15 is 0 Å². The van der Waals surface area contributed by atoms with Gasteiger partial charge >= 0.3 is 0 Å². The average molecular weight is 274 g/mol. The van der Waals surface area contributed by atoms with Gasteiger partial charge in [0.1, 0.15) is 12.4 Å². The Morgan fingerprint density at radius 2 is 2.05 bits per heavy atom. The minimum absolute atomic E-state index is 0.392. The molecule has 2 atom stereocenters. The summed E-state index contributed by atoms with van der Waals surface area (Å²) in [5.41, 5.74) is 1.32. The number of fused-ring (bicyclic) bond motifs is 1. The Morgan fingerprint density at radius 3 is 2.75 bits per heavy atom.